The summed E-state index contributed by atoms with van der Waals surface area (Å²) in [4.78, 5) is 0. The molecule has 0 heterocycles. The summed E-state index contributed by atoms with van der Waals surface area (Å²) in [5, 5.41) is 0. The van der Waals surface area contributed by atoms with E-state index in [4.69, 9.17) is 9.47 Å². The highest BCUT2D eigenvalue weighted by atomic mass is 16.5. The Morgan fingerprint density at radius 2 is 0.977 bits per heavy atom. The van der Waals surface area contributed by atoms with Crippen LogP contribution in [-0.2, 0) is 22.3 Å². The number of unbranched alkanes of at least 4 members (excludes halogenated alkanes) is 1. The molecule has 0 N–H and O–H groups in total. The SMILES string of the molecule is C.C.CCC.CCC(C)(C)CC.CCC1CCC(CC)CC1.CCCCOCC.CCCOC.CCc1ccc(CC)cc1. The highest BCUT2D eigenvalue weighted by Gasteiger charge is 2.17. The lowest BCUT2D eigenvalue weighted by Gasteiger charge is -2.26. The Kier molecular flexibility index (Phi) is 55.9. The predicted octanol–water partition coefficient (Wildman–Crippen LogP) is 14.8. The molecule has 0 amide bonds. The minimum atomic E-state index is 0. The van der Waals surface area contributed by atoms with Crippen LogP contribution in [-0.4, -0.2) is 26.9 Å². The van der Waals surface area contributed by atoms with Crippen LogP contribution in [0.15, 0.2) is 24.3 Å². The second-order valence-corrected chi connectivity index (χ2v) is 12.3. The molecule has 1 fully saturated rings. The van der Waals surface area contributed by atoms with Crippen molar-refractivity contribution in [1.82, 2.24) is 0 Å². The van der Waals surface area contributed by atoms with Crippen LogP contribution >= 0.6 is 0 Å². The third-order valence-corrected chi connectivity index (χ3v) is 8.13. The van der Waals surface area contributed by atoms with Crippen molar-refractivity contribution in [2.24, 2.45) is 17.3 Å². The van der Waals surface area contributed by atoms with E-state index in [2.05, 4.69) is 107 Å². The maximum atomic E-state index is 5.07. The van der Waals surface area contributed by atoms with E-state index in [0.717, 1.165) is 50.9 Å². The van der Waals surface area contributed by atoms with Crippen LogP contribution in [0.2, 0.25) is 0 Å². The van der Waals surface area contributed by atoms with Gasteiger partial charge < -0.3 is 9.47 Å². The van der Waals surface area contributed by atoms with Crippen molar-refractivity contribution in [2.75, 3.05) is 26.9 Å². The number of rotatable bonds is 12. The van der Waals surface area contributed by atoms with E-state index in [1.807, 2.05) is 6.92 Å². The maximum Gasteiger partial charge on any atom is 0.0465 e. The van der Waals surface area contributed by atoms with E-state index in [1.54, 1.807) is 7.11 Å². The lowest BCUT2D eigenvalue weighted by molar-refractivity contribution is 0.144. The van der Waals surface area contributed by atoms with E-state index in [1.165, 1.54) is 81.8 Å². The third-order valence-electron chi connectivity index (χ3n) is 8.13. The van der Waals surface area contributed by atoms with Gasteiger partial charge >= 0.3 is 0 Å². The van der Waals surface area contributed by atoms with Crippen molar-refractivity contribution in [3.8, 4) is 0 Å². The van der Waals surface area contributed by atoms with Crippen molar-refractivity contribution in [1.29, 1.82) is 0 Å². The average Bonchev–Trinajstić information content (AvgIpc) is 3.03. The number of aryl methyl sites for hydroxylation is 2. The Balaban J connectivity index is -0.000000101. The van der Waals surface area contributed by atoms with Crippen molar-refractivity contribution < 1.29 is 9.47 Å². The molecular formula is C42H90O2. The topological polar surface area (TPSA) is 18.5 Å². The molecule has 2 heteroatoms. The van der Waals surface area contributed by atoms with Gasteiger partial charge in [0.05, 0.1) is 0 Å². The van der Waals surface area contributed by atoms with E-state index in [-0.39, 0.29) is 14.9 Å². The highest BCUT2D eigenvalue weighted by Crippen LogP contribution is 2.31. The second kappa shape index (κ2) is 44.3. The molecule has 0 spiro atoms. The van der Waals surface area contributed by atoms with Gasteiger partial charge in [-0.3, -0.25) is 0 Å². The molecule has 1 saturated carbocycles. The van der Waals surface area contributed by atoms with Gasteiger partial charge in [-0.1, -0.05) is 186 Å². The van der Waals surface area contributed by atoms with Gasteiger partial charge in [-0.2, -0.15) is 0 Å². The zero-order chi connectivity index (χ0) is 33.1. The lowest BCUT2D eigenvalue weighted by Crippen LogP contribution is -2.12. The first kappa shape index (κ1) is 55.5. The summed E-state index contributed by atoms with van der Waals surface area (Å²) in [5.74, 6) is 2.14. The second-order valence-electron chi connectivity index (χ2n) is 12.3. The molecule has 0 aromatic heterocycles. The van der Waals surface area contributed by atoms with E-state index in [0.29, 0.717) is 5.41 Å². The molecular weight excluding hydrogens is 536 g/mol. The van der Waals surface area contributed by atoms with Crippen LogP contribution in [0, 0.1) is 17.3 Å². The van der Waals surface area contributed by atoms with Crippen molar-refractivity contribution >= 4 is 0 Å². The Labute approximate surface area is 283 Å². The number of methoxy groups -OCH3 is 1. The molecule has 44 heavy (non-hydrogen) atoms. The molecule has 0 radical (unpaired) electrons. The van der Waals surface area contributed by atoms with Crippen LogP contribution < -0.4 is 0 Å². The summed E-state index contributed by atoms with van der Waals surface area (Å²) in [7, 11) is 1.71. The summed E-state index contributed by atoms with van der Waals surface area (Å²) in [6, 6.07) is 8.83. The van der Waals surface area contributed by atoms with Gasteiger partial charge in [0.15, 0.2) is 0 Å². The van der Waals surface area contributed by atoms with Crippen LogP contribution in [0.5, 0.6) is 0 Å². The summed E-state index contributed by atoms with van der Waals surface area (Å²) in [6.07, 6.45) is 18.5. The van der Waals surface area contributed by atoms with Crippen LogP contribution in [0.3, 0.4) is 0 Å². The summed E-state index contributed by atoms with van der Waals surface area (Å²) < 4.78 is 9.76. The molecule has 0 aliphatic heterocycles. The van der Waals surface area contributed by atoms with E-state index < -0.39 is 0 Å². The fourth-order valence-electron chi connectivity index (χ4n) is 3.90. The monoisotopic (exact) mass is 627 g/mol. The molecule has 0 bridgehead atoms. The molecule has 270 valence electrons. The number of ether oxygens (including phenoxy) is 2. The zero-order valence-electron chi connectivity index (χ0n) is 31.8. The summed E-state index contributed by atoms with van der Waals surface area (Å²) in [6.45, 7) is 31.3. The lowest BCUT2D eigenvalue weighted by atomic mass is 9.80. The molecule has 0 unspecified atom stereocenters. The van der Waals surface area contributed by atoms with Gasteiger partial charge in [-0.05, 0) is 61.0 Å². The molecule has 1 aliphatic rings. The Hall–Kier alpha value is -0.860. The quantitative estimate of drug-likeness (QED) is 0.215. The van der Waals surface area contributed by atoms with Gasteiger partial charge in [0, 0.05) is 26.9 Å². The van der Waals surface area contributed by atoms with Gasteiger partial charge in [-0.25, -0.2) is 0 Å². The molecule has 0 atom stereocenters. The van der Waals surface area contributed by atoms with Crippen molar-refractivity contribution in [3.63, 3.8) is 0 Å². The first-order chi connectivity index (χ1) is 20.1. The van der Waals surface area contributed by atoms with E-state index in [9.17, 15) is 0 Å². The highest BCUT2D eigenvalue weighted by molar-refractivity contribution is 5.22. The fourth-order valence-corrected chi connectivity index (χ4v) is 3.90. The van der Waals surface area contributed by atoms with Gasteiger partial charge in [0.1, 0.15) is 0 Å². The molecule has 1 aliphatic carbocycles. The van der Waals surface area contributed by atoms with Crippen molar-refractivity contribution in [2.45, 2.75) is 195 Å². The normalized spacial score (nSPS) is 14.8. The minimum Gasteiger partial charge on any atom is -0.385 e. The fraction of sp³-hybridized carbons (Fsp3) is 0.857. The first-order valence-corrected chi connectivity index (χ1v) is 18.2. The first-order valence-electron chi connectivity index (χ1n) is 18.2. The van der Waals surface area contributed by atoms with Crippen LogP contribution in [0.1, 0.15) is 193 Å². The van der Waals surface area contributed by atoms with Crippen LogP contribution in [0.4, 0.5) is 0 Å². The van der Waals surface area contributed by atoms with E-state index >= 15 is 0 Å². The third kappa shape index (κ3) is 43.3. The van der Waals surface area contributed by atoms with Gasteiger partial charge in [-0.15, -0.1) is 0 Å². The average molecular weight is 627 g/mol. The summed E-state index contributed by atoms with van der Waals surface area (Å²) >= 11 is 0. The number of benzene rings is 1. The Morgan fingerprint density at radius 3 is 1.14 bits per heavy atom. The minimum absolute atomic E-state index is 0. The molecule has 2 rings (SSSR count). The maximum absolute atomic E-state index is 5.07. The van der Waals surface area contributed by atoms with Gasteiger partial charge in [0.2, 0.25) is 0 Å². The standard InChI is InChI=1S/C10H20.C10H14.C7H16.C6H14O.C4H10O.C3H8.2CH4/c2*1-3-9-5-7-10(4-2)8-6-9;1-5-7(3,4)6-2;1-3-5-6-7-4-2;1-3-4-5-2;1-3-2;;/h9-10H,3-8H2,1-2H3;5-8H,3-4H2,1-2H3;5-6H2,1-4H3;3-6H2,1-2H3;3-4H2,1-2H3;3H2,1-2H3;2*1H4. The van der Waals surface area contributed by atoms with Crippen molar-refractivity contribution in [3.05, 3.63) is 35.4 Å². The predicted molar refractivity (Wildman–Crippen MR) is 209 cm³/mol. The summed E-state index contributed by atoms with van der Waals surface area (Å²) in [5.41, 5.74) is 3.44. The number of hydrogen-bond donors (Lipinski definition) is 0. The van der Waals surface area contributed by atoms with Gasteiger partial charge in [0.25, 0.3) is 0 Å². The molecule has 1 aromatic rings. The number of hydrogen-bond acceptors (Lipinski definition) is 2. The smallest absolute Gasteiger partial charge is 0.0465 e. The van der Waals surface area contributed by atoms with Crippen LogP contribution in [0.25, 0.3) is 0 Å². The Morgan fingerprint density at radius 1 is 0.614 bits per heavy atom. The molecule has 2 nitrogen and oxygen atoms in total. The molecule has 0 saturated heterocycles. The molecule has 1 aromatic carbocycles. The largest absolute Gasteiger partial charge is 0.385 e. The zero-order valence-corrected chi connectivity index (χ0v) is 31.8. The Bertz CT molecular complexity index is 523.